The molecule has 1 atom stereocenters. The van der Waals surface area contributed by atoms with Crippen molar-refractivity contribution in [3.8, 4) is 5.75 Å². The summed E-state index contributed by atoms with van der Waals surface area (Å²) in [6, 6.07) is 10.3. The van der Waals surface area contributed by atoms with Crippen molar-refractivity contribution in [1.82, 2.24) is 4.72 Å². The SMILES string of the molecule is COc1ccc(S(=O)(=O)N[C@@H](C)C(=O)Nc2cccc(C)c2)cc1Cl. The number of hydrogen-bond donors (Lipinski definition) is 2. The Kier molecular flexibility index (Phi) is 6.05. The van der Waals surface area contributed by atoms with Gasteiger partial charge >= 0.3 is 0 Å². The second-order valence-electron chi connectivity index (χ2n) is 5.50. The number of ether oxygens (including phenoxy) is 1. The molecule has 0 heterocycles. The number of halogens is 1. The van der Waals surface area contributed by atoms with Crippen molar-refractivity contribution in [2.24, 2.45) is 0 Å². The van der Waals surface area contributed by atoms with Crippen molar-refractivity contribution >= 4 is 33.2 Å². The molecule has 0 saturated carbocycles. The van der Waals surface area contributed by atoms with Crippen LogP contribution >= 0.6 is 11.6 Å². The van der Waals surface area contributed by atoms with Crippen LogP contribution in [0.5, 0.6) is 5.75 Å². The van der Waals surface area contributed by atoms with Gasteiger partial charge in [0, 0.05) is 5.69 Å². The van der Waals surface area contributed by atoms with Crippen LogP contribution in [0.3, 0.4) is 0 Å². The maximum atomic E-state index is 12.4. The topological polar surface area (TPSA) is 84.5 Å². The normalized spacial score (nSPS) is 12.5. The minimum absolute atomic E-state index is 0.0477. The van der Waals surface area contributed by atoms with Crippen molar-refractivity contribution in [2.45, 2.75) is 24.8 Å². The molecule has 0 bridgehead atoms. The summed E-state index contributed by atoms with van der Waals surface area (Å²) in [4.78, 5) is 12.2. The van der Waals surface area contributed by atoms with Gasteiger partial charge < -0.3 is 10.1 Å². The van der Waals surface area contributed by atoms with Gasteiger partial charge in [0.1, 0.15) is 5.75 Å². The zero-order valence-electron chi connectivity index (χ0n) is 14.0. The first-order valence-electron chi connectivity index (χ1n) is 7.46. The van der Waals surface area contributed by atoms with E-state index in [0.717, 1.165) is 5.56 Å². The number of amides is 1. The molecule has 0 unspecified atom stereocenters. The highest BCUT2D eigenvalue weighted by Crippen LogP contribution is 2.26. The Morgan fingerprint density at radius 1 is 1.20 bits per heavy atom. The lowest BCUT2D eigenvalue weighted by molar-refractivity contribution is -0.117. The molecule has 6 nitrogen and oxygen atoms in total. The van der Waals surface area contributed by atoms with Gasteiger partial charge in [0.25, 0.3) is 0 Å². The van der Waals surface area contributed by atoms with E-state index in [1.807, 2.05) is 13.0 Å². The third kappa shape index (κ3) is 4.94. The summed E-state index contributed by atoms with van der Waals surface area (Å²) in [7, 11) is -2.47. The van der Waals surface area contributed by atoms with Crippen molar-refractivity contribution in [1.29, 1.82) is 0 Å². The minimum atomic E-state index is -3.90. The van der Waals surface area contributed by atoms with E-state index in [-0.39, 0.29) is 9.92 Å². The smallest absolute Gasteiger partial charge is 0.242 e. The zero-order valence-corrected chi connectivity index (χ0v) is 15.6. The highest BCUT2D eigenvalue weighted by molar-refractivity contribution is 7.89. The molecule has 2 rings (SSSR count). The number of carbonyl (C=O) groups excluding carboxylic acids is 1. The highest BCUT2D eigenvalue weighted by Gasteiger charge is 2.23. The first-order valence-corrected chi connectivity index (χ1v) is 9.32. The Morgan fingerprint density at radius 2 is 1.92 bits per heavy atom. The highest BCUT2D eigenvalue weighted by atomic mass is 35.5. The third-order valence-corrected chi connectivity index (χ3v) is 5.28. The lowest BCUT2D eigenvalue weighted by Crippen LogP contribution is -2.41. The second kappa shape index (κ2) is 7.86. The Bertz CT molecular complexity index is 884. The van der Waals surface area contributed by atoms with Crippen LogP contribution in [0.1, 0.15) is 12.5 Å². The van der Waals surface area contributed by atoms with Crippen LogP contribution in [0.2, 0.25) is 5.02 Å². The molecule has 2 aromatic carbocycles. The van der Waals surface area contributed by atoms with E-state index in [1.165, 1.54) is 32.2 Å². The third-order valence-electron chi connectivity index (χ3n) is 3.44. The maximum absolute atomic E-state index is 12.4. The molecule has 0 aliphatic carbocycles. The summed E-state index contributed by atoms with van der Waals surface area (Å²) in [6.07, 6.45) is 0. The molecule has 0 spiro atoms. The van der Waals surface area contributed by atoms with Crippen LogP contribution < -0.4 is 14.8 Å². The minimum Gasteiger partial charge on any atom is -0.495 e. The fourth-order valence-corrected chi connectivity index (χ4v) is 3.69. The summed E-state index contributed by atoms with van der Waals surface area (Å²) < 4.78 is 32.2. The number of aryl methyl sites for hydroxylation is 1. The Balaban J connectivity index is 2.11. The van der Waals surface area contributed by atoms with Gasteiger partial charge in [-0.15, -0.1) is 0 Å². The summed E-state index contributed by atoms with van der Waals surface area (Å²) in [5.74, 6) is -0.0976. The summed E-state index contributed by atoms with van der Waals surface area (Å²) in [5.41, 5.74) is 1.59. The van der Waals surface area contributed by atoms with Crippen LogP contribution in [-0.4, -0.2) is 27.5 Å². The maximum Gasteiger partial charge on any atom is 0.242 e. The largest absolute Gasteiger partial charge is 0.495 e. The summed E-state index contributed by atoms with van der Waals surface area (Å²) in [5, 5.41) is 2.84. The molecule has 25 heavy (non-hydrogen) atoms. The van der Waals surface area contributed by atoms with Crippen molar-refractivity contribution < 1.29 is 17.9 Å². The van der Waals surface area contributed by atoms with E-state index in [9.17, 15) is 13.2 Å². The molecule has 0 saturated heterocycles. The summed E-state index contributed by atoms with van der Waals surface area (Å²) >= 11 is 5.96. The average Bonchev–Trinajstić information content (AvgIpc) is 2.54. The fourth-order valence-electron chi connectivity index (χ4n) is 2.14. The second-order valence-corrected chi connectivity index (χ2v) is 7.62. The Labute approximate surface area is 152 Å². The molecule has 8 heteroatoms. The van der Waals surface area contributed by atoms with Gasteiger partial charge in [0.05, 0.1) is 23.1 Å². The number of anilines is 1. The molecular weight excluding hydrogens is 364 g/mol. The Morgan fingerprint density at radius 3 is 2.52 bits per heavy atom. The molecule has 1 amide bonds. The van der Waals surface area contributed by atoms with Gasteiger partial charge in [0.15, 0.2) is 0 Å². The molecule has 0 radical (unpaired) electrons. The number of methoxy groups -OCH3 is 1. The predicted octanol–water partition coefficient (Wildman–Crippen LogP) is 2.96. The van der Waals surface area contributed by atoms with E-state index in [0.29, 0.717) is 11.4 Å². The molecule has 0 aliphatic heterocycles. The van der Waals surface area contributed by atoms with Crippen LogP contribution in [0, 0.1) is 6.92 Å². The number of sulfonamides is 1. The van der Waals surface area contributed by atoms with Crippen molar-refractivity contribution in [3.05, 3.63) is 53.1 Å². The van der Waals surface area contributed by atoms with Gasteiger partial charge in [-0.1, -0.05) is 23.7 Å². The van der Waals surface area contributed by atoms with Crippen molar-refractivity contribution in [2.75, 3.05) is 12.4 Å². The molecule has 2 N–H and O–H groups in total. The first-order chi connectivity index (χ1) is 11.7. The van der Waals surface area contributed by atoms with E-state index in [4.69, 9.17) is 16.3 Å². The number of carbonyl (C=O) groups is 1. The monoisotopic (exact) mass is 382 g/mol. The molecule has 0 aromatic heterocycles. The van der Waals surface area contributed by atoms with E-state index in [2.05, 4.69) is 10.0 Å². The molecule has 0 aliphatic rings. The van der Waals surface area contributed by atoms with Gasteiger partial charge in [-0.05, 0) is 49.7 Å². The predicted molar refractivity (Wildman–Crippen MR) is 97.6 cm³/mol. The van der Waals surface area contributed by atoms with Crippen LogP contribution in [-0.2, 0) is 14.8 Å². The lowest BCUT2D eigenvalue weighted by Gasteiger charge is -2.15. The average molecular weight is 383 g/mol. The molecule has 134 valence electrons. The number of benzene rings is 2. The Hall–Kier alpha value is -2.09. The van der Waals surface area contributed by atoms with Crippen LogP contribution in [0.25, 0.3) is 0 Å². The van der Waals surface area contributed by atoms with Gasteiger partial charge in [-0.25, -0.2) is 8.42 Å². The van der Waals surface area contributed by atoms with Gasteiger partial charge in [-0.3, -0.25) is 4.79 Å². The fraction of sp³-hybridized carbons (Fsp3) is 0.235. The van der Waals surface area contributed by atoms with Crippen LogP contribution in [0.15, 0.2) is 47.4 Å². The van der Waals surface area contributed by atoms with Crippen LogP contribution in [0.4, 0.5) is 5.69 Å². The molecule has 2 aromatic rings. The number of rotatable bonds is 6. The molecular formula is C17H19ClN2O4S. The van der Waals surface area contributed by atoms with Crippen molar-refractivity contribution in [3.63, 3.8) is 0 Å². The quantitative estimate of drug-likeness (QED) is 0.804. The van der Waals surface area contributed by atoms with E-state index >= 15 is 0 Å². The van der Waals surface area contributed by atoms with Gasteiger partial charge in [-0.2, -0.15) is 4.72 Å². The van der Waals surface area contributed by atoms with E-state index < -0.39 is 22.0 Å². The zero-order chi connectivity index (χ0) is 18.6. The molecule has 0 fully saturated rings. The summed E-state index contributed by atoms with van der Waals surface area (Å²) in [6.45, 7) is 3.36. The number of nitrogens with one attached hydrogen (secondary N) is 2. The number of hydrogen-bond acceptors (Lipinski definition) is 4. The first kappa shape index (κ1) is 19.2. The van der Waals surface area contributed by atoms with Gasteiger partial charge in [0.2, 0.25) is 15.9 Å². The standard InChI is InChI=1S/C17H19ClN2O4S/c1-11-5-4-6-13(9-11)19-17(21)12(2)20-25(22,23)14-7-8-16(24-3)15(18)10-14/h4-10,12,20H,1-3H3,(H,19,21)/t12-/m0/s1. The van der Waals surface area contributed by atoms with E-state index in [1.54, 1.807) is 18.2 Å². The lowest BCUT2D eigenvalue weighted by atomic mass is 10.2.